The summed E-state index contributed by atoms with van der Waals surface area (Å²) >= 11 is 4.80. The van der Waals surface area contributed by atoms with Crippen LogP contribution in [0.1, 0.15) is 18.1 Å². The summed E-state index contributed by atoms with van der Waals surface area (Å²) in [6.07, 6.45) is 0. The highest BCUT2D eigenvalue weighted by Gasteiger charge is 2.15. The summed E-state index contributed by atoms with van der Waals surface area (Å²) in [5, 5.41) is 8.81. The van der Waals surface area contributed by atoms with Crippen molar-refractivity contribution >= 4 is 39.4 Å². The number of hydrogen-bond donors (Lipinski definition) is 1. The number of Topliss-reactive ketones (excluding diaryl/α,β-unsaturated/α-hetero) is 1. The van der Waals surface area contributed by atoms with Gasteiger partial charge in [0.15, 0.2) is 6.61 Å². The maximum absolute atomic E-state index is 11.7. The molecule has 0 fully saturated rings. The van der Waals surface area contributed by atoms with Crippen LogP contribution in [-0.4, -0.2) is 24.1 Å². The summed E-state index contributed by atoms with van der Waals surface area (Å²) in [5.74, 6) is -1.03. The van der Waals surface area contributed by atoms with E-state index in [9.17, 15) is 9.59 Å². The molecule has 0 aliphatic carbocycles. The lowest BCUT2D eigenvalue weighted by Crippen LogP contribution is -2.18. The Morgan fingerprint density at radius 1 is 1.35 bits per heavy atom. The molecule has 0 atom stereocenters. The first-order valence-electron chi connectivity index (χ1n) is 6.71. The van der Waals surface area contributed by atoms with Crippen LogP contribution in [0.3, 0.4) is 0 Å². The van der Waals surface area contributed by atoms with Crippen molar-refractivity contribution in [2.24, 2.45) is 5.73 Å². The zero-order chi connectivity index (χ0) is 17.6. The van der Waals surface area contributed by atoms with Crippen LogP contribution in [0.5, 0.6) is 0 Å². The van der Waals surface area contributed by atoms with Crippen molar-refractivity contribution in [3.8, 4) is 6.07 Å². The molecule has 0 amide bonds. The molecule has 122 valence electrons. The fourth-order valence-electron chi connectivity index (χ4n) is 1.68. The summed E-state index contributed by atoms with van der Waals surface area (Å²) < 4.78 is 5.91. The minimum atomic E-state index is -0.596. The van der Waals surface area contributed by atoms with Crippen LogP contribution in [-0.2, 0) is 14.3 Å². The number of esters is 1. The molecule has 7 heteroatoms. The number of nitrogens with two attached hydrogens (primary N) is 1. The SMILES string of the molecule is CC(N)=C(C#N)C(=O)COC(=O)CSc1cc(C)c(Br)cc1C. The first kappa shape index (κ1) is 19.3. The van der Waals surface area contributed by atoms with Crippen LogP contribution in [0.2, 0.25) is 0 Å². The molecule has 0 aromatic heterocycles. The van der Waals surface area contributed by atoms with Gasteiger partial charge in [0.05, 0.1) is 5.75 Å². The van der Waals surface area contributed by atoms with Gasteiger partial charge in [0.2, 0.25) is 5.78 Å². The Bertz CT molecular complexity index is 704. The molecule has 0 spiro atoms. The number of benzene rings is 1. The van der Waals surface area contributed by atoms with Crippen LogP contribution < -0.4 is 5.73 Å². The highest BCUT2D eigenvalue weighted by Crippen LogP contribution is 2.28. The number of halogens is 1. The van der Waals surface area contributed by atoms with Crippen LogP contribution in [0.15, 0.2) is 32.8 Å². The highest BCUT2D eigenvalue weighted by molar-refractivity contribution is 9.10. The molecule has 0 radical (unpaired) electrons. The lowest BCUT2D eigenvalue weighted by Gasteiger charge is -2.09. The number of aryl methyl sites for hydroxylation is 2. The maximum Gasteiger partial charge on any atom is 0.316 e. The largest absolute Gasteiger partial charge is 0.457 e. The van der Waals surface area contributed by atoms with Gasteiger partial charge in [-0.25, -0.2) is 0 Å². The molecule has 23 heavy (non-hydrogen) atoms. The van der Waals surface area contributed by atoms with Crippen LogP contribution in [0.4, 0.5) is 0 Å². The predicted octanol–water partition coefficient (Wildman–Crippen LogP) is 3.03. The van der Waals surface area contributed by atoms with Crippen molar-refractivity contribution in [3.63, 3.8) is 0 Å². The number of carbonyl (C=O) groups excluding carboxylic acids is 2. The number of nitriles is 1. The average molecular weight is 397 g/mol. The normalized spacial score (nSPS) is 11.4. The van der Waals surface area contributed by atoms with E-state index in [1.54, 1.807) is 6.07 Å². The van der Waals surface area contributed by atoms with E-state index in [1.807, 2.05) is 26.0 Å². The van der Waals surface area contributed by atoms with Crippen molar-refractivity contribution in [1.29, 1.82) is 5.26 Å². The summed E-state index contributed by atoms with van der Waals surface area (Å²) in [6, 6.07) is 5.68. The van der Waals surface area contributed by atoms with Gasteiger partial charge in [-0.3, -0.25) is 9.59 Å². The van der Waals surface area contributed by atoms with Gasteiger partial charge in [0.25, 0.3) is 0 Å². The van der Waals surface area contributed by atoms with Gasteiger partial charge < -0.3 is 10.5 Å². The van der Waals surface area contributed by atoms with Crippen LogP contribution in [0, 0.1) is 25.2 Å². The zero-order valence-electron chi connectivity index (χ0n) is 13.1. The third-order valence-corrected chi connectivity index (χ3v) is 4.94. The third-order valence-electron chi connectivity index (χ3n) is 2.95. The van der Waals surface area contributed by atoms with Crippen LogP contribution >= 0.6 is 27.7 Å². The van der Waals surface area contributed by atoms with E-state index in [-0.39, 0.29) is 17.0 Å². The Labute approximate surface area is 148 Å². The quantitative estimate of drug-likeness (QED) is 0.343. The minimum absolute atomic E-state index is 0.0857. The number of allylic oxidation sites excluding steroid dienone is 1. The number of nitrogens with zero attached hydrogens (tertiary/aromatic N) is 1. The Morgan fingerprint density at radius 2 is 2.00 bits per heavy atom. The van der Waals surface area contributed by atoms with E-state index in [0.29, 0.717) is 0 Å². The summed E-state index contributed by atoms with van der Waals surface area (Å²) in [6.45, 7) is 4.90. The molecule has 0 aliphatic rings. The number of thioether (sulfide) groups is 1. The molecular weight excluding hydrogens is 380 g/mol. The smallest absolute Gasteiger partial charge is 0.316 e. The number of ketones is 1. The predicted molar refractivity (Wildman–Crippen MR) is 92.8 cm³/mol. The van der Waals surface area contributed by atoms with Gasteiger partial charge in [0.1, 0.15) is 11.6 Å². The Balaban J connectivity index is 2.56. The summed E-state index contributed by atoms with van der Waals surface area (Å²) in [7, 11) is 0. The van der Waals surface area contributed by atoms with E-state index >= 15 is 0 Å². The van der Waals surface area contributed by atoms with E-state index in [4.69, 9.17) is 15.7 Å². The zero-order valence-corrected chi connectivity index (χ0v) is 15.5. The Hall–Kier alpha value is -1.78. The van der Waals surface area contributed by atoms with Crippen LogP contribution in [0.25, 0.3) is 0 Å². The van der Waals surface area contributed by atoms with E-state index in [1.165, 1.54) is 18.7 Å². The second-order valence-electron chi connectivity index (χ2n) is 4.91. The summed E-state index contributed by atoms with van der Waals surface area (Å²) in [4.78, 5) is 24.4. The molecule has 2 N–H and O–H groups in total. The maximum atomic E-state index is 11.7. The fraction of sp³-hybridized carbons (Fsp3) is 0.312. The minimum Gasteiger partial charge on any atom is -0.457 e. The van der Waals surface area contributed by atoms with Gasteiger partial charge in [-0.1, -0.05) is 15.9 Å². The Kier molecular flexibility index (Phi) is 7.33. The van der Waals surface area contributed by atoms with Crippen molar-refractivity contribution < 1.29 is 14.3 Å². The Morgan fingerprint density at radius 3 is 2.57 bits per heavy atom. The molecular formula is C16H17BrN2O3S. The molecule has 0 aliphatic heterocycles. The van der Waals surface area contributed by atoms with Crippen molar-refractivity contribution in [2.45, 2.75) is 25.7 Å². The van der Waals surface area contributed by atoms with Gasteiger partial charge in [-0.15, -0.1) is 11.8 Å². The molecule has 0 bridgehead atoms. The van der Waals surface area contributed by atoms with Gasteiger partial charge in [-0.05, 0) is 44.0 Å². The lowest BCUT2D eigenvalue weighted by molar-refractivity contribution is -0.144. The van der Waals surface area contributed by atoms with E-state index in [0.717, 1.165) is 20.5 Å². The fourth-order valence-corrected chi connectivity index (χ4v) is 3.04. The first-order chi connectivity index (χ1) is 10.8. The number of rotatable bonds is 6. The van der Waals surface area contributed by atoms with Gasteiger partial charge in [0, 0.05) is 15.1 Å². The van der Waals surface area contributed by atoms with Gasteiger partial charge in [-0.2, -0.15) is 5.26 Å². The number of carbonyl (C=O) groups is 2. The van der Waals surface area contributed by atoms with Gasteiger partial charge >= 0.3 is 5.97 Å². The number of ether oxygens (including phenoxy) is 1. The second kappa shape index (κ2) is 8.75. The highest BCUT2D eigenvalue weighted by atomic mass is 79.9. The lowest BCUT2D eigenvalue weighted by atomic mass is 10.1. The molecule has 1 aromatic rings. The first-order valence-corrected chi connectivity index (χ1v) is 8.49. The van der Waals surface area contributed by atoms with E-state index in [2.05, 4.69) is 15.9 Å². The molecule has 0 unspecified atom stereocenters. The van der Waals surface area contributed by atoms with Crippen molar-refractivity contribution in [3.05, 3.63) is 39.0 Å². The molecule has 5 nitrogen and oxygen atoms in total. The molecule has 0 saturated carbocycles. The molecule has 1 rings (SSSR count). The van der Waals surface area contributed by atoms with Crippen molar-refractivity contribution in [1.82, 2.24) is 0 Å². The number of hydrogen-bond acceptors (Lipinski definition) is 6. The van der Waals surface area contributed by atoms with Crippen molar-refractivity contribution in [2.75, 3.05) is 12.4 Å². The molecule has 0 heterocycles. The second-order valence-corrected chi connectivity index (χ2v) is 6.78. The third kappa shape index (κ3) is 5.73. The molecule has 0 saturated heterocycles. The standard InChI is InChI=1S/C16H17BrN2O3S/c1-9-5-15(10(2)4-13(9)17)23-8-16(21)22-7-14(20)12(6-18)11(3)19/h4-5H,7-8,19H2,1-3H3. The van der Waals surface area contributed by atoms with E-state index < -0.39 is 18.4 Å². The summed E-state index contributed by atoms with van der Waals surface area (Å²) in [5.41, 5.74) is 7.48. The topological polar surface area (TPSA) is 93.2 Å². The average Bonchev–Trinajstić information content (AvgIpc) is 2.47. The molecule has 1 aromatic carbocycles. The monoisotopic (exact) mass is 396 g/mol.